The predicted octanol–water partition coefficient (Wildman–Crippen LogP) is 0.0376. The standard InChI is InChI=1S/C11H23N3O/c1-8-5-9(8)6-14(4)7-11(2,13-3)10(12)15/h8-9,13H,5-7H2,1-4H3,(H2,12,15). The summed E-state index contributed by atoms with van der Waals surface area (Å²) >= 11 is 0. The second kappa shape index (κ2) is 4.49. The Morgan fingerprint density at radius 2 is 2.20 bits per heavy atom. The van der Waals surface area contributed by atoms with E-state index in [0.29, 0.717) is 6.54 Å². The van der Waals surface area contributed by atoms with Gasteiger partial charge in [0.15, 0.2) is 0 Å². The molecule has 1 saturated carbocycles. The summed E-state index contributed by atoms with van der Waals surface area (Å²) in [7, 11) is 3.82. The highest BCUT2D eigenvalue weighted by Gasteiger charge is 2.36. The Morgan fingerprint density at radius 3 is 2.53 bits per heavy atom. The van der Waals surface area contributed by atoms with Crippen LogP contribution >= 0.6 is 0 Å². The molecule has 0 radical (unpaired) electrons. The lowest BCUT2D eigenvalue weighted by atomic mass is 10.0. The molecule has 88 valence electrons. The summed E-state index contributed by atoms with van der Waals surface area (Å²) in [6.07, 6.45) is 1.32. The molecule has 1 amide bonds. The lowest BCUT2D eigenvalue weighted by Crippen LogP contribution is -2.58. The fraction of sp³-hybridized carbons (Fsp3) is 0.909. The molecule has 0 saturated heterocycles. The van der Waals surface area contributed by atoms with Gasteiger partial charge < -0.3 is 16.0 Å². The van der Waals surface area contributed by atoms with Crippen molar-refractivity contribution >= 4 is 5.91 Å². The molecule has 4 nitrogen and oxygen atoms in total. The largest absolute Gasteiger partial charge is 0.368 e. The van der Waals surface area contributed by atoms with Crippen molar-refractivity contribution < 1.29 is 4.79 Å². The van der Waals surface area contributed by atoms with Gasteiger partial charge in [0, 0.05) is 13.1 Å². The van der Waals surface area contributed by atoms with Gasteiger partial charge in [0.25, 0.3) is 0 Å². The molecule has 1 aliphatic carbocycles. The number of carbonyl (C=O) groups excluding carboxylic acids is 1. The van der Waals surface area contributed by atoms with Crippen molar-refractivity contribution in [2.24, 2.45) is 17.6 Å². The smallest absolute Gasteiger partial charge is 0.238 e. The summed E-state index contributed by atoms with van der Waals surface area (Å²) in [4.78, 5) is 13.5. The summed E-state index contributed by atoms with van der Waals surface area (Å²) < 4.78 is 0. The van der Waals surface area contributed by atoms with Crippen molar-refractivity contribution in [1.29, 1.82) is 0 Å². The molecule has 0 aliphatic heterocycles. The quantitative estimate of drug-likeness (QED) is 0.655. The van der Waals surface area contributed by atoms with Crippen LogP contribution in [0.4, 0.5) is 0 Å². The first-order valence-electron chi connectivity index (χ1n) is 5.56. The number of rotatable bonds is 6. The number of likely N-dealkylation sites (N-methyl/N-ethyl adjacent to an activating group) is 2. The third kappa shape index (κ3) is 3.18. The SMILES string of the molecule is CNC(C)(CN(C)CC1CC1C)C(N)=O. The van der Waals surface area contributed by atoms with Gasteiger partial charge in [-0.15, -0.1) is 0 Å². The number of amides is 1. The van der Waals surface area contributed by atoms with Gasteiger partial charge >= 0.3 is 0 Å². The lowest BCUT2D eigenvalue weighted by Gasteiger charge is -2.30. The number of hydrogen-bond donors (Lipinski definition) is 2. The molecule has 1 fully saturated rings. The molecule has 15 heavy (non-hydrogen) atoms. The van der Waals surface area contributed by atoms with Crippen molar-refractivity contribution in [3.63, 3.8) is 0 Å². The van der Waals surface area contributed by atoms with Gasteiger partial charge in [0.1, 0.15) is 5.54 Å². The summed E-state index contributed by atoms with van der Waals surface area (Å²) in [5, 5.41) is 3.00. The Balaban J connectivity index is 2.40. The second-order valence-electron chi connectivity index (χ2n) is 5.12. The van der Waals surface area contributed by atoms with E-state index in [1.165, 1.54) is 6.42 Å². The molecule has 0 bridgehead atoms. The van der Waals surface area contributed by atoms with Crippen LogP contribution in [-0.2, 0) is 4.79 Å². The summed E-state index contributed by atoms with van der Waals surface area (Å²) in [5.41, 5.74) is 4.76. The molecule has 0 aromatic rings. The number of nitrogens with one attached hydrogen (secondary N) is 1. The maximum Gasteiger partial charge on any atom is 0.238 e. The fourth-order valence-electron chi connectivity index (χ4n) is 1.94. The first-order chi connectivity index (χ1) is 6.89. The molecular weight excluding hydrogens is 190 g/mol. The minimum absolute atomic E-state index is 0.291. The van der Waals surface area contributed by atoms with Crippen LogP contribution in [0.25, 0.3) is 0 Å². The first kappa shape index (κ1) is 12.5. The van der Waals surface area contributed by atoms with E-state index in [2.05, 4.69) is 17.1 Å². The Morgan fingerprint density at radius 1 is 1.67 bits per heavy atom. The minimum Gasteiger partial charge on any atom is -0.368 e. The van der Waals surface area contributed by atoms with Crippen LogP contribution in [0, 0.1) is 11.8 Å². The Bertz CT molecular complexity index is 244. The molecule has 0 spiro atoms. The maximum atomic E-state index is 11.3. The number of hydrogen-bond acceptors (Lipinski definition) is 3. The first-order valence-corrected chi connectivity index (χ1v) is 5.56. The average molecular weight is 213 g/mol. The highest BCUT2D eigenvalue weighted by Crippen LogP contribution is 2.38. The number of carbonyl (C=O) groups is 1. The number of nitrogens with two attached hydrogens (primary N) is 1. The molecule has 3 unspecified atom stereocenters. The van der Waals surface area contributed by atoms with E-state index in [0.717, 1.165) is 18.4 Å². The molecule has 4 heteroatoms. The molecule has 3 atom stereocenters. The van der Waals surface area contributed by atoms with E-state index in [-0.39, 0.29) is 5.91 Å². The Hall–Kier alpha value is -0.610. The zero-order valence-electron chi connectivity index (χ0n) is 10.2. The molecule has 1 rings (SSSR count). The van der Waals surface area contributed by atoms with Crippen molar-refractivity contribution in [2.45, 2.75) is 25.8 Å². The van der Waals surface area contributed by atoms with E-state index in [9.17, 15) is 4.79 Å². The summed E-state index contributed by atoms with van der Waals surface area (Å²) in [6, 6.07) is 0. The third-order valence-electron chi connectivity index (χ3n) is 3.50. The van der Waals surface area contributed by atoms with Crippen molar-refractivity contribution in [3.05, 3.63) is 0 Å². The van der Waals surface area contributed by atoms with Crippen LogP contribution < -0.4 is 11.1 Å². The number of nitrogens with zero attached hydrogens (tertiary/aromatic N) is 1. The van der Waals surface area contributed by atoms with Crippen LogP contribution in [0.15, 0.2) is 0 Å². The van der Waals surface area contributed by atoms with Gasteiger partial charge in [0.2, 0.25) is 5.91 Å². The third-order valence-corrected chi connectivity index (χ3v) is 3.50. The van der Waals surface area contributed by atoms with Crippen molar-refractivity contribution in [3.8, 4) is 0 Å². The van der Waals surface area contributed by atoms with Crippen LogP contribution in [0.2, 0.25) is 0 Å². The fourth-order valence-corrected chi connectivity index (χ4v) is 1.94. The summed E-state index contributed by atoms with van der Waals surface area (Å²) in [5.74, 6) is 1.37. The second-order valence-corrected chi connectivity index (χ2v) is 5.12. The van der Waals surface area contributed by atoms with Crippen LogP contribution in [0.5, 0.6) is 0 Å². The Labute approximate surface area is 92.2 Å². The van der Waals surface area contributed by atoms with Gasteiger partial charge in [-0.05, 0) is 39.3 Å². The minimum atomic E-state index is -0.618. The van der Waals surface area contributed by atoms with E-state index in [4.69, 9.17) is 5.73 Å². The highest BCUT2D eigenvalue weighted by molar-refractivity contribution is 5.84. The summed E-state index contributed by atoms with van der Waals surface area (Å²) in [6.45, 7) is 5.85. The molecule has 0 aromatic carbocycles. The molecule has 3 N–H and O–H groups in total. The average Bonchev–Trinajstić information content (AvgIpc) is 2.80. The van der Waals surface area contributed by atoms with Crippen molar-refractivity contribution in [1.82, 2.24) is 10.2 Å². The molecule has 0 heterocycles. The van der Waals surface area contributed by atoms with Gasteiger partial charge in [0.05, 0.1) is 0 Å². The van der Waals surface area contributed by atoms with Gasteiger partial charge in [-0.3, -0.25) is 4.79 Å². The monoisotopic (exact) mass is 213 g/mol. The predicted molar refractivity (Wildman–Crippen MR) is 61.4 cm³/mol. The zero-order chi connectivity index (χ0) is 11.6. The molecular formula is C11H23N3O. The number of primary amides is 1. The topological polar surface area (TPSA) is 58.4 Å². The highest BCUT2D eigenvalue weighted by atomic mass is 16.1. The van der Waals surface area contributed by atoms with Crippen LogP contribution in [0.1, 0.15) is 20.3 Å². The van der Waals surface area contributed by atoms with Gasteiger partial charge in [-0.1, -0.05) is 6.92 Å². The van der Waals surface area contributed by atoms with E-state index < -0.39 is 5.54 Å². The van der Waals surface area contributed by atoms with E-state index in [1.54, 1.807) is 7.05 Å². The maximum absolute atomic E-state index is 11.3. The zero-order valence-corrected chi connectivity index (χ0v) is 10.2. The normalized spacial score (nSPS) is 28.9. The Kier molecular flexibility index (Phi) is 3.73. The van der Waals surface area contributed by atoms with Gasteiger partial charge in [-0.25, -0.2) is 0 Å². The van der Waals surface area contributed by atoms with Gasteiger partial charge in [-0.2, -0.15) is 0 Å². The van der Waals surface area contributed by atoms with Crippen LogP contribution in [0.3, 0.4) is 0 Å². The van der Waals surface area contributed by atoms with Crippen LogP contribution in [-0.4, -0.2) is 43.5 Å². The van der Waals surface area contributed by atoms with E-state index >= 15 is 0 Å². The molecule has 0 aromatic heterocycles. The van der Waals surface area contributed by atoms with Crippen molar-refractivity contribution in [2.75, 3.05) is 27.2 Å². The molecule has 1 aliphatic rings. The lowest BCUT2D eigenvalue weighted by molar-refractivity contribution is -0.124. The van der Waals surface area contributed by atoms with E-state index in [1.807, 2.05) is 14.0 Å².